The van der Waals surface area contributed by atoms with Crippen LogP contribution in [0.1, 0.15) is 105 Å². The fourth-order valence-electron chi connectivity index (χ4n) is 11.2. The fraction of sp³-hybridized carbons (Fsp3) is 0.558. The van der Waals surface area contributed by atoms with Crippen LogP contribution in [0.5, 0.6) is 0 Å². The molecule has 72 heavy (non-hydrogen) atoms. The molecule has 2 aliphatic carbocycles. The van der Waals surface area contributed by atoms with E-state index in [-0.39, 0.29) is 53.9 Å². The first-order chi connectivity index (χ1) is 34.2. The number of fused-ring (bicyclic) bond motifs is 3. The Morgan fingerprint density at radius 2 is 1.64 bits per heavy atom. The summed E-state index contributed by atoms with van der Waals surface area (Å²) in [6.45, 7) is 9.34. The molecule has 3 atom stereocenters. The Balaban J connectivity index is 0.880. The summed E-state index contributed by atoms with van der Waals surface area (Å²) in [5.74, 6) is -1.36. The number of piperidine rings is 2. The van der Waals surface area contributed by atoms with Crippen LogP contribution < -0.4 is 32.1 Å². The third-order valence-corrected chi connectivity index (χ3v) is 15.6. The molecule has 20 heteroatoms. The molecular weight excluding hydrogens is 943 g/mol. The number of hydrogen-bond acceptors (Lipinski definition) is 13. The minimum atomic E-state index is -3.76. The molecule has 2 saturated heterocycles. The number of pyridine rings is 1. The Kier molecular flexibility index (Phi) is 14.3. The zero-order chi connectivity index (χ0) is 51.2. The smallest absolute Gasteiger partial charge is 0.407 e. The van der Waals surface area contributed by atoms with Crippen LogP contribution >= 0.6 is 0 Å². The molecule has 3 unspecified atom stereocenters. The maximum absolute atomic E-state index is 14.8. The van der Waals surface area contributed by atoms with Gasteiger partial charge in [0.1, 0.15) is 17.7 Å². The van der Waals surface area contributed by atoms with Gasteiger partial charge in [-0.15, -0.1) is 0 Å². The summed E-state index contributed by atoms with van der Waals surface area (Å²) in [7, 11) is -2.15. The van der Waals surface area contributed by atoms with E-state index in [0.717, 1.165) is 69.1 Å². The first-order valence-corrected chi connectivity index (χ1v) is 27.4. The van der Waals surface area contributed by atoms with E-state index in [1.165, 1.54) is 4.57 Å². The molecule has 19 nitrogen and oxygen atoms in total. The summed E-state index contributed by atoms with van der Waals surface area (Å²) < 4.78 is 33.4. The molecule has 1 aromatic carbocycles. The zero-order valence-corrected chi connectivity index (χ0v) is 42.7. The molecule has 6 amide bonds. The number of sulfone groups is 1. The second-order valence-corrected chi connectivity index (χ2v) is 23.7. The van der Waals surface area contributed by atoms with Gasteiger partial charge in [0.15, 0.2) is 9.84 Å². The third-order valence-electron chi connectivity index (χ3n) is 14.8. The summed E-state index contributed by atoms with van der Waals surface area (Å²) >= 11 is 0. The Morgan fingerprint density at radius 1 is 0.889 bits per heavy atom. The highest BCUT2D eigenvalue weighted by Crippen LogP contribution is 2.48. The van der Waals surface area contributed by atoms with Crippen LogP contribution in [0.3, 0.4) is 0 Å². The molecule has 0 radical (unpaired) electrons. The van der Waals surface area contributed by atoms with Gasteiger partial charge < -0.3 is 45.3 Å². The molecule has 3 fully saturated rings. The average molecular weight is 1010 g/mol. The van der Waals surface area contributed by atoms with E-state index in [1.54, 1.807) is 45.0 Å². The van der Waals surface area contributed by atoms with Crippen molar-refractivity contribution in [2.24, 2.45) is 18.9 Å². The maximum Gasteiger partial charge on any atom is 0.407 e. The van der Waals surface area contributed by atoms with E-state index in [2.05, 4.69) is 42.5 Å². The largest absolute Gasteiger partial charge is 0.444 e. The quantitative estimate of drug-likeness (QED) is 0.120. The van der Waals surface area contributed by atoms with Crippen molar-refractivity contribution >= 4 is 56.7 Å². The number of benzene rings is 1. The van der Waals surface area contributed by atoms with Crippen molar-refractivity contribution in [2.45, 2.75) is 109 Å². The first kappa shape index (κ1) is 50.7. The number of rotatable bonds is 16. The lowest BCUT2D eigenvalue weighted by Crippen LogP contribution is -2.52. The monoisotopic (exact) mass is 1010 g/mol. The standard InChI is InChI=1S/C52H67N9O10S/c1-52(2,3)71-51(68)55-19-18-54-46(63)38-25-40-43-36(27-60(40)26-31-10-11-31)42(37(29-72(5,69)70)33-16-21-58(4)50(67)44(33)45(43)56-38)48(65)53-17-7-20-59-22-14-30(15-23-59)24-32-8-6-9-34-35(32)28-61(49(34)66)39-12-13-41(62)57-47(39)64/h6,8-9,16,21,27,30-31,38-40,56H,7,10-15,17-20,22-26,28-29H2,1-5H3,(H,53,65)(H,54,63)(H,55,68)(H,57,62,64). The molecule has 2 aromatic rings. The summed E-state index contributed by atoms with van der Waals surface area (Å²) in [6.07, 6.45) is 10.3. The van der Waals surface area contributed by atoms with E-state index in [0.29, 0.717) is 78.7 Å². The lowest BCUT2D eigenvalue weighted by atomic mass is 9.86. The number of amides is 6. The van der Waals surface area contributed by atoms with Gasteiger partial charge in [-0.1, -0.05) is 12.1 Å². The summed E-state index contributed by atoms with van der Waals surface area (Å²) in [6, 6.07) is 5.61. The number of ether oxygens (including phenoxy) is 1. The van der Waals surface area contributed by atoms with Crippen LogP contribution in [0.15, 0.2) is 58.2 Å². The lowest BCUT2D eigenvalue weighted by Gasteiger charge is -2.36. The van der Waals surface area contributed by atoms with Gasteiger partial charge in [-0.05, 0) is 132 Å². The molecule has 9 rings (SSSR count). The Morgan fingerprint density at radius 3 is 2.35 bits per heavy atom. The predicted octanol–water partition coefficient (Wildman–Crippen LogP) is 2.11. The number of carbonyl (C=O) groups excluding carboxylic acids is 6. The molecule has 0 spiro atoms. The number of aryl methyl sites for hydroxylation is 1. The minimum Gasteiger partial charge on any atom is -0.444 e. The summed E-state index contributed by atoms with van der Waals surface area (Å²) in [5, 5.41) is 14.5. The molecule has 5 aliphatic heterocycles. The van der Waals surface area contributed by atoms with Crippen molar-refractivity contribution in [3.8, 4) is 0 Å². The van der Waals surface area contributed by atoms with Gasteiger partial charge in [0.2, 0.25) is 17.7 Å². The van der Waals surface area contributed by atoms with E-state index in [9.17, 15) is 42.0 Å². The lowest BCUT2D eigenvalue weighted by molar-refractivity contribution is -0.137. The number of nitrogens with zero attached hydrogens (tertiary/aromatic N) is 4. The van der Waals surface area contributed by atoms with Gasteiger partial charge in [-0.3, -0.25) is 34.1 Å². The van der Waals surface area contributed by atoms with Gasteiger partial charge in [0, 0.05) is 88.0 Å². The molecule has 5 N–H and O–H groups in total. The SMILES string of the molecule is Cn1ccc2c(c1=O)C1=C3C(=CN(CC4CC4)C3CC(C(=O)NCCNC(=O)OC(C)(C)C)N1)C(C(=O)NCCCN1CCC(Cc3cccc4c3CN(C3CCC(=O)NC3=O)C4=O)CC1)=C2CS(C)(=O)=O. The molecule has 1 saturated carbocycles. The van der Waals surface area contributed by atoms with Crippen LogP contribution in [0.4, 0.5) is 4.79 Å². The molecular formula is C52H67N9O10S. The van der Waals surface area contributed by atoms with Crippen molar-refractivity contribution in [1.29, 1.82) is 0 Å². The van der Waals surface area contributed by atoms with E-state index in [1.807, 2.05) is 18.3 Å². The number of hydrogen-bond donors (Lipinski definition) is 5. The topological polar surface area (TPSA) is 238 Å². The number of aromatic nitrogens is 1. The number of alkyl carbamates (subject to hydrolysis) is 1. The van der Waals surface area contributed by atoms with E-state index < -0.39 is 62.8 Å². The Labute approximate surface area is 420 Å². The van der Waals surface area contributed by atoms with Crippen molar-refractivity contribution < 1.29 is 41.9 Å². The fourth-order valence-corrected chi connectivity index (χ4v) is 12.0. The van der Waals surface area contributed by atoms with Crippen LogP contribution in [0, 0.1) is 11.8 Å². The predicted molar refractivity (Wildman–Crippen MR) is 268 cm³/mol. The second-order valence-electron chi connectivity index (χ2n) is 21.5. The van der Waals surface area contributed by atoms with Crippen molar-refractivity contribution in [1.82, 2.24) is 45.9 Å². The highest BCUT2D eigenvalue weighted by molar-refractivity contribution is 7.91. The Bertz CT molecular complexity index is 2850. The van der Waals surface area contributed by atoms with Gasteiger partial charge in [0.25, 0.3) is 17.4 Å². The van der Waals surface area contributed by atoms with Crippen molar-refractivity contribution in [2.75, 3.05) is 57.8 Å². The van der Waals surface area contributed by atoms with E-state index >= 15 is 0 Å². The Hall–Kier alpha value is -6.28. The zero-order valence-electron chi connectivity index (χ0n) is 41.9. The van der Waals surface area contributed by atoms with Gasteiger partial charge in [-0.25, -0.2) is 13.2 Å². The second kappa shape index (κ2) is 20.3. The summed E-state index contributed by atoms with van der Waals surface area (Å²) in [5.41, 5.74) is 4.18. The minimum absolute atomic E-state index is 0.124. The molecule has 6 heterocycles. The highest BCUT2D eigenvalue weighted by atomic mass is 32.2. The molecule has 7 aliphatic rings. The third kappa shape index (κ3) is 11.0. The maximum atomic E-state index is 14.8. The number of likely N-dealkylation sites (tertiary alicyclic amines) is 1. The van der Waals surface area contributed by atoms with Crippen molar-refractivity contribution in [3.63, 3.8) is 0 Å². The number of nitrogens with one attached hydrogen (secondary N) is 5. The molecule has 0 bridgehead atoms. The van der Waals surface area contributed by atoms with Crippen LogP contribution in [-0.4, -0.2) is 145 Å². The summed E-state index contributed by atoms with van der Waals surface area (Å²) in [4.78, 5) is 99.4. The van der Waals surface area contributed by atoms with E-state index in [4.69, 9.17) is 4.74 Å². The average Bonchev–Trinajstić information content (AvgIpc) is 4.00. The van der Waals surface area contributed by atoms with Gasteiger partial charge in [-0.2, -0.15) is 0 Å². The normalized spacial score (nSPS) is 22.4. The highest BCUT2D eigenvalue weighted by Gasteiger charge is 2.47. The first-order valence-electron chi connectivity index (χ1n) is 25.3. The van der Waals surface area contributed by atoms with Crippen molar-refractivity contribution in [3.05, 3.63) is 91.6 Å². The number of imide groups is 1. The molecule has 1 aromatic heterocycles. The van der Waals surface area contributed by atoms with Gasteiger partial charge in [0.05, 0.1) is 28.6 Å². The number of carbonyl (C=O) groups is 6. The van der Waals surface area contributed by atoms with Crippen LogP contribution in [0.2, 0.25) is 0 Å². The van der Waals surface area contributed by atoms with Gasteiger partial charge >= 0.3 is 6.09 Å². The van der Waals surface area contributed by atoms with Crippen LogP contribution in [0.25, 0.3) is 11.3 Å². The van der Waals surface area contributed by atoms with Crippen LogP contribution in [-0.2, 0) is 53.8 Å². The molecule has 386 valence electrons.